The van der Waals surface area contributed by atoms with Crippen molar-refractivity contribution in [2.24, 2.45) is 5.41 Å². The maximum Gasteiger partial charge on any atom is 0.0497 e. The predicted molar refractivity (Wildman–Crippen MR) is 44.4 cm³/mol. The third-order valence-corrected chi connectivity index (χ3v) is 3.03. The van der Waals surface area contributed by atoms with Crippen LogP contribution in [0, 0.1) is 5.41 Å². The van der Waals surface area contributed by atoms with E-state index in [0.717, 1.165) is 12.6 Å². The molecule has 1 saturated carbocycles. The lowest BCUT2D eigenvalue weighted by atomic mass is 9.91. The first-order valence-electron chi connectivity index (χ1n) is 4.58. The molecule has 0 bridgehead atoms. The third kappa shape index (κ3) is 1.42. The zero-order valence-corrected chi connectivity index (χ0v) is 7.21. The monoisotopic (exact) mass is 155 g/mol. The maximum atomic E-state index is 9.12. The standard InChI is InChI=1S/C9H17NO/c1-9(7-11)4-5-10(6-9)8-2-3-8/h8,11H,2-7H2,1H3. The van der Waals surface area contributed by atoms with Gasteiger partial charge in [-0.2, -0.15) is 0 Å². The molecule has 0 aromatic heterocycles. The Bertz CT molecular complexity index is 156. The maximum absolute atomic E-state index is 9.12. The highest BCUT2D eigenvalue weighted by Gasteiger charge is 2.39. The van der Waals surface area contributed by atoms with Gasteiger partial charge in [0.05, 0.1) is 0 Å². The summed E-state index contributed by atoms with van der Waals surface area (Å²) in [5.74, 6) is 0. The molecule has 0 aromatic rings. The minimum Gasteiger partial charge on any atom is -0.396 e. The van der Waals surface area contributed by atoms with Gasteiger partial charge in [-0.1, -0.05) is 6.92 Å². The molecule has 1 saturated heterocycles. The third-order valence-electron chi connectivity index (χ3n) is 3.03. The van der Waals surface area contributed by atoms with Gasteiger partial charge in [0.1, 0.15) is 0 Å². The lowest BCUT2D eigenvalue weighted by Gasteiger charge is -2.21. The molecule has 2 aliphatic rings. The van der Waals surface area contributed by atoms with Crippen molar-refractivity contribution < 1.29 is 5.11 Å². The molecule has 1 heterocycles. The molecule has 2 fully saturated rings. The molecule has 2 nitrogen and oxygen atoms in total. The summed E-state index contributed by atoms with van der Waals surface area (Å²) in [6.07, 6.45) is 3.96. The van der Waals surface area contributed by atoms with Gasteiger partial charge in [0.2, 0.25) is 0 Å². The van der Waals surface area contributed by atoms with E-state index in [4.69, 9.17) is 5.11 Å². The molecule has 1 N–H and O–H groups in total. The highest BCUT2D eigenvalue weighted by molar-refractivity contribution is 4.93. The molecule has 2 rings (SSSR count). The quantitative estimate of drug-likeness (QED) is 0.639. The van der Waals surface area contributed by atoms with Gasteiger partial charge >= 0.3 is 0 Å². The van der Waals surface area contributed by atoms with Crippen LogP contribution in [0.2, 0.25) is 0 Å². The van der Waals surface area contributed by atoms with Crippen molar-refractivity contribution in [3.8, 4) is 0 Å². The van der Waals surface area contributed by atoms with Crippen LogP contribution in [0.3, 0.4) is 0 Å². The van der Waals surface area contributed by atoms with E-state index in [1.807, 2.05) is 0 Å². The van der Waals surface area contributed by atoms with Crippen molar-refractivity contribution in [3.63, 3.8) is 0 Å². The van der Waals surface area contributed by atoms with Gasteiger partial charge in [-0.25, -0.2) is 0 Å². The summed E-state index contributed by atoms with van der Waals surface area (Å²) in [6.45, 7) is 4.88. The Morgan fingerprint density at radius 3 is 2.73 bits per heavy atom. The number of aliphatic hydroxyl groups excluding tert-OH is 1. The van der Waals surface area contributed by atoms with Crippen molar-refractivity contribution >= 4 is 0 Å². The van der Waals surface area contributed by atoms with E-state index in [1.165, 1.54) is 25.8 Å². The number of rotatable bonds is 2. The summed E-state index contributed by atoms with van der Waals surface area (Å²) in [4.78, 5) is 2.54. The van der Waals surface area contributed by atoms with Crippen LogP contribution in [-0.4, -0.2) is 35.7 Å². The zero-order valence-electron chi connectivity index (χ0n) is 7.21. The molecule has 0 radical (unpaired) electrons. The fourth-order valence-corrected chi connectivity index (χ4v) is 1.94. The van der Waals surface area contributed by atoms with Crippen LogP contribution >= 0.6 is 0 Å². The molecule has 0 spiro atoms. The van der Waals surface area contributed by atoms with Gasteiger partial charge in [0.15, 0.2) is 0 Å². The molecular formula is C9H17NO. The van der Waals surface area contributed by atoms with Crippen molar-refractivity contribution in [2.45, 2.75) is 32.2 Å². The van der Waals surface area contributed by atoms with Gasteiger partial charge in [-0.15, -0.1) is 0 Å². The normalized spacial score (nSPS) is 39.8. The molecule has 1 aliphatic carbocycles. The van der Waals surface area contributed by atoms with Gasteiger partial charge in [-0.05, 0) is 25.8 Å². The molecular weight excluding hydrogens is 138 g/mol. The number of hydrogen-bond donors (Lipinski definition) is 1. The second kappa shape index (κ2) is 2.46. The minimum absolute atomic E-state index is 0.211. The largest absolute Gasteiger partial charge is 0.396 e. The Morgan fingerprint density at radius 1 is 1.55 bits per heavy atom. The fraction of sp³-hybridized carbons (Fsp3) is 1.00. The van der Waals surface area contributed by atoms with Gasteiger partial charge < -0.3 is 5.11 Å². The number of likely N-dealkylation sites (tertiary alicyclic amines) is 1. The molecule has 2 heteroatoms. The van der Waals surface area contributed by atoms with Crippen molar-refractivity contribution in [1.82, 2.24) is 4.90 Å². The number of aliphatic hydroxyl groups is 1. The summed E-state index contributed by atoms with van der Waals surface area (Å²) >= 11 is 0. The Balaban J connectivity index is 1.91. The summed E-state index contributed by atoms with van der Waals surface area (Å²) < 4.78 is 0. The average molecular weight is 155 g/mol. The van der Waals surface area contributed by atoms with Crippen LogP contribution in [0.1, 0.15) is 26.2 Å². The van der Waals surface area contributed by atoms with Crippen LogP contribution < -0.4 is 0 Å². The Morgan fingerprint density at radius 2 is 2.27 bits per heavy atom. The van der Waals surface area contributed by atoms with Gasteiger partial charge in [0, 0.05) is 24.6 Å². The smallest absolute Gasteiger partial charge is 0.0497 e. The summed E-state index contributed by atoms with van der Waals surface area (Å²) in [5, 5.41) is 9.12. The van der Waals surface area contributed by atoms with Crippen molar-refractivity contribution in [1.29, 1.82) is 0 Å². The van der Waals surface area contributed by atoms with E-state index in [-0.39, 0.29) is 5.41 Å². The van der Waals surface area contributed by atoms with E-state index < -0.39 is 0 Å². The van der Waals surface area contributed by atoms with Crippen molar-refractivity contribution in [3.05, 3.63) is 0 Å². The van der Waals surface area contributed by atoms with Gasteiger partial charge in [-0.3, -0.25) is 4.90 Å². The topological polar surface area (TPSA) is 23.5 Å². The molecule has 1 unspecified atom stereocenters. The fourth-order valence-electron chi connectivity index (χ4n) is 1.94. The molecule has 64 valence electrons. The highest BCUT2D eigenvalue weighted by Crippen LogP contribution is 2.36. The van der Waals surface area contributed by atoms with Gasteiger partial charge in [0.25, 0.3) is 0 Å². The summed E-state index contributed by atoms with van der Waals surface area (Å²) in [7, 11) is 0. The first-order chi connectivity index (χ1) is 5.23. The number of nitrogens with zero attached hydrogens (tertiary/aromatic N) is 1. The van der Waals surface area contributed by atoms with E-state index >= 15 is 0 Å². The van der Waals surface area contributed by atoms with Crippen LogP contribution in [-0.2, 0) is 0 Å². The molecule has 1 aliphatic heterocycles. The minimum atomic E-state index is 0.211. The van der Waals surface area contributed by atoms with Crippen LogP contribution in [0.5, 0.6) is 0 Å². The zero-order chi connectivity index (χ0) is 7.90. The molecule has 11 heavy (non-hydrogen) atoms. The molecule has 0 aromatic carbocycles. The van der Waals surface area contributed by atoms with Crippen LogP contribution in [0.15, 0.2) is 0 Å². The van der Waals surface area contributed by atoms with Crippen molar-refractivity contribution in [2.75, 3.05) is 19.7 Å². The van der Waals surface area contributed by atoms with Crippen LogP contribution in [0.25, 0.3) is 0 Å². The second-order valence-electron chi connectivity index (χ2n) is 4.42. The predicted octanol–water partition coefficient (Wildman–Crippen LogP) is 0.853. The summed E-state index contributed by atoms with van der Waals surface area (Å²) in [6, 6.07) is 0.878. The lowest BCUT2D eigenvalue weighted by Crippen LogP contribution is -2.28. The Labute approximate surface area is 68.2 Å². The van der Waals surface area contributed by atoms with E-state index in [2.05, 4.69) is 11.8 Å². The Kier molecular flexibility index (Phi) is 1.69. The van der Waals surface area contributed by atoms with E-state index in [1.54, 1.807) is 0 Å². The number of hydrogen-bond acceptors (Lipinski definition) is 2. The first-order valence-corrected chi connectivity index (χ1v) is 4.58. The van der Waals surface area contributed by atoms with E-state index in [9.17, 15) is 0 Å². The summed E-state index contributed by atoms with van der Waals surface area (Å²) in [5.41, 5.74) is 0.211. The first kappa shape index (κ1) is 7.56. The highest BCUT2D eigenvalue weighted by atomic mass is 16.3. The molecule has 1 atom stereocenters. The second-order valence-corrected chi connectivity index (χ2v) is 4.42. The Hall–Kier alpha value is -0.0800. The van der Waals surface area contributed by atoms with Crippen LogP contribution in [0.4, 0.5) is 0 Å². The lowest BCUT2D eigenvalue weighted by molar-refractivity contribution is 0.144. The average Bonchev–Trinajstić information content (AvgIpc) is 2.77. The molecule has 0 amide bonds. The SMILES string of the molecule is CC1(CO)CCN(C2CC2)C1. The van der Waals surface area contributed by atoms with E-state index in [0.29, 0.717) is 6.61 Å².